The van der Waals surface area contributed by atoms with Gasteiger partial charge in [-0.15, -0.1) is 0 Å². The molecule has 3 aromatic heterocycles. The SMILES string of the molecule is C1=Cc2c(nc3ccccc3c2-c2cc(Cn3nc(-c4ccccc4)c4cc(-c5ccccc5)ccc43)cc(-c3ccc(-c4ccccn4)cc3)c2)CC1. The number of benzene rings is 6. The van der Waals surface area contributed by atoms with Gasteiger partial charge >= 0.3 is 0 Å². The largest absolute Gasteiger partial charge is 0.260 e. The Hall–Kier alpha value is -6.91. The normalized spacial score (nSPS) is 12.3. The van der Waals surface area contributed by atoms with Crippen LogP contribution in [0.15, 0.2) is 176 Å². The molecular formula is C50H36N4. The molecule has 3 heterocycles. The van der Waals surface area contributed by atoms with E-state index in [1.54, 1.807) is 0 Å². The van der Waals surface area contributed by atoms with Gasteiger partial charge < -0.3 is 0 Å². The second kappa shape index (κ2) is 13.6. The molecule has 9 aromatic rings. The molecular weight excluding hydrogens is 657 g/mol. The standard InChI is InChI=1S/C50H36N4/c1-3-13-35(14-4-1)39-26-27-48-44(32-39)50(38-15-5-2-6-16-38)53-54(48)33-34-29-40(36-22-24-37(25-23-36)45-19-11-12-28-51-45)31-41(30-34)49-42-17-7-9-20-46(42)52-47-21-10-8-18-43(47)49/h1-9,11-20,22-32H,10,21,33H2. The summed E-state index contributed by atoms with van der Waals surface area (Å²) in [5, 5.41) is 7.66. The first-order chi connectivity index (χ1) is 26.7. The monoisotopic (exact) mass is 692 g/mol. The molecule has 256 valence electrons. The summed E-state index contributed by atoms with van der Waals surface area (Å²) in [5.74, 6) is 0. The Balaban J connectivity index is 1.15. The molecule has 1 aliphatic rings. The van der Waals surface area contributed by atoms with Gasteiger partial charge in [-0.1, -0.05) is 127 Å². The summed E-state index contributed by atoms with van der Waals surface area (Å²) >= 11 is 0. The van der Waals surface area contributed by atoms with Crippen molar-refractivity contribution in [3.05, 3.63) is 193 Å². The van der Waals surface area contributed by atoms with Crippen LogP contribution < -0.4 is 0 Å². The van der Waals surface area contributed by atoms with Crippen molar-refractivity contribution in [1.82, 2.24) is 19.7 Å². The Kier molecular flexibility index (Phi) is 7.99. The van der Waals surface area contributed by atoms with Gasteiger partial charge in [-0.25, -0.2) is 0 Å². The summed E-state index contributed by atoms with van der Waals surface area (Å²) in [6.45, 7) is 0.613. The van der Waals surface area contributed by atoms with E-state index in [1.165, 1.54) is 38.8 Å². The first-order valence-electron chi connectivity index (χ1n) is 18.6. The minimum atomic E-state index is 0.613. The summed E-state index contributed by atoms with van der Waals surface area (Å²) in [5.41, 5.74) is 17.0. The lowest BCUT2D eigenvalue weighted by Crippen LogP contribution is -2.04. The molecule has 0 unspecified atom stereocenters. The van der Waals surface area contributed by atoms with Crippen molar-refractivity contribution in [3.8, 4) is 55.9 Å². The third kappa shape index (κ3) is 5.88. The second-order valence-electron chi connectivity index (χ2n) is 14.0. The topological polar surface area (TPSA) is 43.6 Å². The number of hydrogen-bond acceptors (Lipinski definition) is 3. The number of para-hydroxylation sites is 1. The summed E-state index contributed by atoms with van der Waals surface area (Å²) in [6, 6.07) is 58.3. The van der Waals surface area contributed by atoms with E-state index in [0.717, 1.165) is 68.6 Å². The molecule has 0 fully saturated rings. The van der Waals surface area contributed by atoms with E-state index >= 15 is 0 Å². The number of nitrogens with zero attached hydrogens (tertiary/aromatic N) is 4. The van der Waals surface area contributed by atoms with Crippen LogP contribution in [0.25, 0.3) is 83.8 Å². The number of fused-ring (bicyclic) bond motifs is 3. The maximum Gasteiger partial charge on any atom is 0.100 e. The summed E-state index contributed by atoms with van der Waals surface area (Å²) in [6.07, 6.45) is 8.36. The first-order valence-corrected chi connectivity index (χ1v) is 18.6. The van der Waals surface area contributed by atoms with Crippen molar-refractivity contribution in [2.75, 3.05) is 0 Å². The van der Waals surface area contributed by atoms with Crippen LogP contribution in [0.2, 0.25) is 0 Å². The molecule has 4 heteroatoms. The fourth-order valence-electron chi connectivity index (χ4n) is 7.93. The number of pyridine rings is 2. The maximum atomic E-state index is 5.35. The number of aryl methyl sites for hydroxylation is 1. The quantitative estimate of drug-likeness (QED) is 0.167. The van der Waals surface area contributed by atoms with E-state index in [1.807, 2.05) is 18.3 Å². The van der Waals surface area contributed by atoms with Gasteiger partial charge in [0.05, 0.1) is 23.3 Å². The van der Waals surface area contributed by atoms with Gasteiger partial charge in [-0.3, -0.25) is 14.6 Å². The predicted octanol–water partition coefficient (Wildman–Crippen LogP) is 12.3. The third-order valence-corrected chi connectivity index (χ3v) is 10.5. The Morgan fingerprint density at radius 2 is 1.24 bits per heavy atom. The van der Waals surface area contributed by atoms with Gasteiger partial charge in [0, 0.05) is 44.9 Å². The Labute approximate surface area is 314 Å². The Bertz CT molecular complexity index is 2820. The van der Waals surface area contributed by atoms with Crippen molar-refractivity contribution in [3.63, 3.8) is 0 Å². The van der Waals surface area contributed by atoms with Crippen LogP contribution in [0.3, 0.4) is 0 Å². The summed E-state index contributed by atoms with van der Waals surface area (Å²) < 4.78 is 2.18. The Morgan fingerprint density at radius 1 is 0.537 bits per heavy atom. The minimum absolute atomic E-state index is 0.613. The summed E-state index contributed by atoms with van der Waals surface area (Å²) in [7, 11) is 0. The van der Waals surface area contributed by atoms with E-state index < -0.39 is 0 Å². The van der Waals surface area contributed by atoms with Crippen LogP contribution in [0.1, 0.15) is 23.2 Å². The number of hydrogen-bond donors (Lipinski definition) is 0. The number of allylic oxidation sites excluding steroid dienone is 1. The molecule has 0 saturated heterocycles. The molecule has 0 spiro atoms. The predicted molar refractivity (Wildman–Crippen MR) is 223 cm³/mol. The van der Waals surface area contributed by atoms with Crippen molar-refractivity contribution in [2.24, 2.45) is 0 Å². The van der Waals surface area contributed by atoms with Gasteiger partial charge in [0.15, 0.2) is 0 Å². The van der Waals surface area contributed by atoms with Crippen LogP contribution in [0.5, 0.6) is 0 Å². The maximum absolute atomic E-state index is 5.35. The van der Waals surface area contributed by atoms with E-state index in [0.29, 0.717) is 6.54 Å². The molecule has 0 atom stereocenters. The zero-order valence-corrected chi connectivity index (χ0v) is 29.7. The van der Waals surface area contributed by atoms with Gasteiger partial charge in [0.2, 0.25) is 0 Å². The van der Waals surface area contributed by atoms with Crippen LogP contribution in [0, 0.1) is 0 Å². The van der Waals surface area contributed by atoms with Crippen LogP contribution >= 0.6 is 0 Å². The van der Waals surface area contributed by atoms with Gasteiger partial charge in [0.1, 0.15) is 5.69 Å². The highest BCUT2D eigenvalue weighted by Gasteiger charge is 2.20. The zero-order valence-electron chi connectivity index (χ0n) is 29.7. The molecule has 0 saturated carbocycles. The van der Waals surface area contributed by atoms with E-state index in [-0.39, 0.29) is 0 Å². The van der Waals surface area contributed by atoms with Gasteiger partial charge in [-0.2, -0.15) is 5.10 Å². The smallest absolute Gasteiger partial charge is 0.100 e. The summed E-state index contributed by atoms with van der Waals surface area (Å²) in [4.78, 5) is 9.72. The lowest BCUT2D eigenvalue weighted by Gasteiger charge is -2.19. The van der Waals surface area contributed by atoms with Gasteiger partial charge in [0.25, 0.3) is 0 Å². The lowest BCUT2D eigenvalue weighted by molar-refractivity contribution is 0.715. The van der Waals surface area contributed by atoms with Crippen molar-refractivity contribution in [2.45, 2.75) is 19.4 Å². The highest BCUT2D eigenvalue weighted by Crippen LogP contribution is 2.39. The molecule has 0 amide bonds. The highest BCUT2D eigenvalue weighted by molar-refractivity contribution is 6.00. The fraction of sp³-hybridized carbons (Fsp3) is 0.0600. The number of rotatable bonds is 7. The second-order valence-corrected chi connectivity index (χ2v) is 14.0. The van der Waals surface area contributed by atoms with Crippen LogP contribution in [0.4, 0.5) is 0 Å². The molecule has 4 nitrogen and oxygen atoms in total. The van der Waals surface area contributed by atoms with Gasteiger partial charge in [-0.05, 0) is 94.8 Å². The molecule has 0 bridgehead atoms. The average molecular weight is 693 g/mol. The highest BCUT2D eigenvalue weighted by atomic mass is 15.3. The van der Waals surface area contributed by atoms with Crippen LogP contribution in [-0.2, 0) is 13.0 Å². The molecule has 0 radical (unpaired) electrons. The third-order valence-electron chi connectivity index (χ3n) is 10.5. The van der Waals surface area contributed by atoms with Crippen LogP contribution in [-0.4, -0.2) is 19.7 Å². The first kappa shape index (κ1) is 31.8. The molecule has 10 rings (SSSR count). The van der Waals surface area contributed by atoms with E-state index in [2.05, 4.69) is 173 Å². The van der Waals surface area contributed by atoms with E-state index in [4.69, 9.17) is 10.1 Å². The molecule has 0 N–H and O–H groups in total. The van der Waals surface area contributed by atoms with Crippen molar-refractivity contribution < 1.29 is 0 Å². The van der Waals surface area contributed by atoms with Crippen molar-refractivity contribution in [1.29, 1.82) is 0 Å². The molecule has 1 aliphatic carbocycles. The Morgan fingerprint density at radius 3 is 2.06 bits per heavy atom. The van der Waals surface area contributed by atoms with E-state index in [9.17, 15) is 0 Å². The zero-order chi connectivity index (χ0) is 35.8. The fourth-order valence-corrected chi connectivity index (χ4v) is 7.93. The lowest BCUT2D eigenvalue weighted by atomic mass is 9.88. The molecule has 6 aromatic carbocycles. The molecule has 54 heavy (non-hydrogen) atoms. The average Bonchev–Trinajstić information content (AvgIpc) is 3.60. The number of aromatic nitrogens is 4. The van der Waals surface area contributed by atoms with Crippen molar-refractivity contribution >= 4 is 27.9 Å². The molecule has 0 aliphatic heterocycles. The minimum Gasteiger partial charge on any atom is -0.260 e.